The van der Waals surface area contributed by atoms with E-state index in [0.29, 0.717) is 29.9 Å². The van der Waals surface area contributed by atoms with E-state index in [-0.39, 0.29) is 0 Å². The molecule has 0 aromatic carbocycles. The zero-order valence-electron chi connectivity index (χ0n) is 14.8. The van der Waals surface area contributed by atoms with Crippen LogP contribution in [0.4, 0.5) is 5.82 Å². The van der Waals surface area contributed by atoms with Gasteiger partial charge in [0, 0.05) is 48.9 Å². The first-order valence-electron chi connectivity index (χ1n) is 9.37. The molecule has 1 aliphatic carbocycles. The van der Waals surface area contributed by atoms with Crippen LogP contribution in [-0.2, 0) is 0 Å². The van der Waals surface area contributed by atoms with Gasteiger partial charge in [0.05, 0.1) is 18.2 Å². The molecule has 0 radical (unpaired) electrons. The van der Waals surface area contributed by atoms with Crippen molar-refractivity contribution in [1.82, 2.24) is 15.0 Å². The zero-order valence-corrected chi connectivity index (χ0v) is 14.8. The summed E-state index contributed by atoms with van der Waals surface area (Å²) < 4.78 is 5.84. The third kappa shape index (κ3) is 3.77. The molecule has 26 heavy (non-hydrogen) atoms. The summed E-state index contributed by atoms with van der Waals surface area (Å²) in [5.74, 6) is 2.62. The molecule has 0 amide bonds. The van der Waals surface area contributed by atoms with Gasteiger partial charge in [0.2, 0.25) is 5.88 Å². The molecule has 134 valence electrons. The molecule has 0 N–H and O–H groups in total. The highest BCUT2D eigenvalue weighted by atomic mass is 16.5. The van der Waals surface area contributed by atoms with E-state index in [0.717, 1.165) is 31.7 Å². The molecule has 3 heterocycles. The normalized spacial score (nSPS) is 20.3. The summed E-state index contributed by atoms with van der Waals surface area (Å²) in [7, 11) is 0. The van der Waals surface area contributed by atoms with E-state index in [1.807, 2.05) is 0 Å². The van der Waals surface area contributed by atoms with Gasteiger partial charge in [-0.15, -0.1) is 0 Å². The fourth-order valence-corrected chi connectivity index (χ4v) is 3.63. The van der Waals surface area contributed by atoms with Crippen molar-refractivity contribution in [1.29, 1.82) is 5.26 Å². The summed E-state index contributed by atoms with van der Waals surface area (Å²) in [5, 5.41) is 8.97. The van der Waals surface area contributed by atoms with Crippen molar-refractivity contribution in [3.63, 3.8) is 0 Å². The van der Waals surface area contributed by atoms with Crippen LogP contribution in [0.15, 0.2) is 30.7 Å². The van der Waals surface area contributed by atoms with E-state index in [9.17, 15) is 0 Å². The van der Waals surface area contributed by atoms with Gasteiger partial charge >= 0.3 is 0 Å². The van der Waals surface area contributed by atoms with Crippen LogP contribution in [0, 0.1) is 17.2 Å². The number of hydrogen-bond donors (Lipinski definition) is 0. The molecular weight excluding hydrogens is 326 g/mol. The summed E-state index contributed by atoms with van der Waals surface area (Å²) >= 11 is 0. The van der Waals surface area contributed by atoms with Gasteiger partial charge in [0.25, 0.3) is 0 Å². The highest BCUT2D eigenvalue weighted by Crippen LogP contribution is 2.36. The summed E-state index contributed by atoms with van der Waals surface area (Å²) in [6.07, 6.45) is 9.40. The SMILES string of the molecule is N#Cc1ccnc(OCC2CCCN(c3cc(C4CCC4)ncn3)C2)c1. The van der Waals surface area contributed by atoms with E-state index in [2.05, 4.69) is 32.0 Å². The smallest absolute Gasteiger partial charge is 0.214 e. The highest BCUT2D eigenvalue weighted by Gasteiger charge is 2.25. The van der Waals surface area contributed by atoms with Crippen molar-refractivity contribution < 1.29 is 4.74 Å². The van der Waals surface area contributed by atoms with Gasteiger partial charge in [0.15, 0.2) is 0 Å². The second-order valence-electron chi connectivity index (χ2n) is 7.19. The Morgan fingerprint density at radius 3 is 2.88 bits per heavy atom. The largest absolute Gasteiger partial charge is 0.477 e. The van der Waals surface area contributed by atoms with Crippen LogP contribution < -0.4 is 9.64 Å². The number of pyridine rings is 1. The van der Waals surface area contributed by atoms with Crippen LogP contribution in [0.1, 0.15) is 49.3 Å². The predicted molar refractivity (Wildman–Crippen MR) is 98.0 cm³/mol. The Hall–Kier alpha value is -2.68. The third-order valence-corrected chi connectivity index (χ3v) is 5.37. The molecule has 1 aliphatic heterocycles. The molecule has 2 aromatic heterocycles. The molecule has 2 fully saturated rings. The summed E-state index contributed by atoms with van der Waals surface area (Å²) in [6.45, 7) is 2.57. The highest BCUT2D eigenvalue weighted by molar-refractivity contribution is 5.40. The number of nitrogens with zero attached hydrogens (tertiary/aromatic N) is 5. The summed E-state index contributed by atoms with van der Waals surface area (Å²) in [4.78, 5) is 15.5. The Bertz CT molecular complexity index is 799. The number of rotatable bonds is 5. The average molecular weight is 349 g/mol. The number of nitriles is 1. The van der Waals surface area contributed by atoms with Crippen LogP contribution in [0.3, 0.4) is 0 Å². The minimum Gasteiger partial charge on any atom is -0.477 e. The Morgan fingerprint density at radius 2 is 2.08 bits per heavy atom. The van der Waals surface area contributed by atoms with Gasteiger partial charge in [-0.2, -0.15) is 5.26 Å². The molecule has 0 spiro atoms. The average Bonchev–Trinajstić information content (AvgIpc) is 2.66. The van der Waals surface area contributed by atoms with Crippen molar-refractivity contribution in [2.75, 3.05) is 24.6 Å². The Balaban J connectivity index is 1.37. The third-order valence-electron chi connectivity index (χ3n) is 5.37. The fourth-order valence-electron chi connectivity index (χ4n) is 3.63. The zero-order chi connectivity index (χ0) is 17.8. The maximum Gasteiger partial charge on any atom is 0.214 e. The minimum atomic E-state index is 0.429. The molecule has 0 bridgehead atoms. The number of aromatic nitrogens is 3. The van der Waals surface area contributed by atoms with Crippen molar-refractivity contribution in [2.45, 2.75) is 38.0 Å². The first-order valence-corrected chi connectivity index (χ1v) is 9.37. The lowest BCUT2D eigenvalue weighted by Gasteiger charge is -2.34. The van der Waals surface area contributed by atoms with Gasteiger partial charge in [-0.1, -0.05) is 6.42 Å². The molecule has 2 aromatic rings. The maximum atomic E-state index is 8.97. The van der Waals surface area contributed by atoms with Crippen LogP contribution in [0.25, 0.3) is 0 Å². The molecule has 6 heteroatoms. The van der Waals surface area contributed by atoms with Crippen molar-refractivity contribution in [3.8, 4) is 11.9 Å². The van der Waals surface area contributed by atoms with Crippen molar-refractivity contribution in [3.05, 3.63) is 42.0 Å². The number of piperidine rings is 1. The second-order valence-corrected chi connectivity index (χ2v) is 7.19. The molecule has 1 saturated carbocycles. The van der Waals surface area contributed by atoms with E-state index >= 15 is 0 Å². The molecule has 1 atom stereocenters. The number of anilines is 1. The molecule has 2 aliphatic rings. The van der Waals surface area contributed by atoms with Crippen LogP contribution in [0.5, 0.6) is 5.88 Å². The first kappa shape index (κ1) is 16.8. The predicted octanol–water partition coefficient (Wildman–Crippen LogP) is 3.31. The topological polar surface area (TPSA) is 74.9 Å². The number of ether oxygens (including phenoxy) is 1. The van der Waals surface area contributed by atoms with Crippen LogP contribution in [0.2, 0.25) is 0 Å². The van der Waals surface area contributed by atoms with Gasteiger partial charge in [-0.05, 0) is 31.7 Å². The lowest BCUT2D eigenvalue weighted by atomic mass is 9.83. The minimum absolute atomic E-state index is 0.429. The van der Waals surface area contributed by atoms with E-state index in [1.165, 1.54) is 25.0 Å². The summed E-state index contributed by atoms with van der Waals surface area (Å²) in [5.41, 5.74) is 1.77. The van der Waals surface area contributed by atoms with E-state index in [1.54, 1.807) is 24.7 Å². The summed E-state index contributed by atoms with van der Waals surface area (Å²) in [6, 6.07) is 7.66. The van der Waals surface area contributed by atoms with Crippen molar-refractivity contribution in [2.24, 2.45) is 5.92 Å². The van der Waals surface area contributed by atoms with Gasteiger partial charge in [-0.3, -0.25) is 0 Å². The molecule has 4 rings (SSSR count). The van der Waals surface area contributed by atoms with Gasteiger partial charge < -0.3 is 9.64 Å². The Labute approximate surface area is 153 Å². The standard InChI is InChI=1S/C20H23N5O/c21-11-15-6-7-22-20(9-15)26-13-16-3-2-8-25(12-16)19-10-18(23-14-24-19)17-4-1-5-17/h6-7,9-10,14,16-17H,1-5,8,12-13H2. The quantitative estimate of drug-likeness (QED) is 0.824. The van der Waals surface area contributed by atoms with Crippen LogP contribution in [-0.4, -0.2) is 34.6 Å². The van der Waals surface area contributed by atoms with E-state index < -0.39 is 0 Å². The monoisotopic (exact) mass is 349 g/mol. The van der Waals surface area contributed by atoms with Gasteiger partial charge in [-0.25, -0.2) is 15.0 Å². The lowest BCUT2D eigenvalue weighted by molar-refractivity contribution is 0.221. The molecule has 1 saturated heterocycles. The first-order chi connectivity index (χ1) is 12.8. The Kier molecular flexibility index (Phi) is 4.96. The number of hydrogen-bond acceptors (Lipinski definition) is 6. The Morgan fingerprint density at radius 1 is 1.15 bits per heavy atom. The molecular formula is C20H23N5O. The van der Waals surface area contributed by atoms with Crippen LogP contribution >= 0.6 is 0 Å². The maximum absolute atomic E-state index is 8.97. The lowest BCUT2D eigenvalue weighted by Crippen LogP contribution is -2.38. The molecule has 1 unspecified atom stereocenters. The van der Waals surface area contributed by atoms with E-state index in [4.69, 9.17) is 10.00 Å². The fraction of sp³-hybridized carbons (Fsp3) is 0.500. The second kappa shape index (κ2) is 7.69. The van der Waals surface area contributed by atoms with Gasteiger partial charge in [0.1, 0.15) is 12.1 Å². The van der Waals surface area contributed by atoms with Crippen molar-refractivity contribution >= 4 is 5.82 Å². The molecule has 6 nitrogen and oxygen atoms in total.